The molecule has 4 aromatic rings. The Morgan fingerprint density at radius 3 is 2.49 bits per heavy atom. The lowest BCUT2D eigenvalue weighted by molar-refractivity contribution is 0.100. The van der Waals surface area contributed by atoms with Crippen molar-refractivity contribution in [2.75, 3.05) is 37.6 Å². The SMILES string of the molecule is N#Cc1ccc2[nH]cc(CCCN3CCN(c4ccc(-c5ccc(C(N)=O)cc5)cn4)CC3)c2c1. The Morgan fingerprint density at radius 2 is 1.80 bits per heavy atom. The molecule has 176 valence electrons. The Hall–Kier alpha value is -4.15. The lowest BCUT2D eigenvalue weighted by Crippen LogP contribution is -2.47. The molecule has 0 atom stereocenters. The maximum absolute atomic E-state index is 11.3. The van der Waals surface area contributed by atoms with Crippen LogP contribution in [-0.2, 0) is 6.42 Å². The molecule has 0 radical (unpaired) electrons. The zero-order valence-electron chi connectivity index (χ0n) is 19.6. The van der Waals surface area contributed by atoms with Crippen LogP contribution in [0.3, 0.4) is 0 Å². The number of nitrogens with two attached hydrogens (primary N) is 1. The Labute approximate surface area is 204 Å². The number of anilines is 1. The molecule has 3 heterocycles. The van der Waals surface area contributed by atoms with Gasteiger partial charge in [0.05, 0.1) is 11.6 Å². The van der Waals surface area contributed by atoms with Crippen LogP contribution < -0.4 is 10.6 Å². The summed E-state index contributed by atoms with van der Waals surface area (Å²) in [5.74, 6) is 0.575. The van der Waals surface area contributed by atoms with E-state index in [-0.39, 0.29) is 0 Å². The number of hydrogen-bond donors (Lipinski definition) is 2. The fourth-order valence-electron chi connectivity index (χ4n) is 4.72. The number of aromatic nitrogens is 2. The summed E-state index contributed by atoms with van der Waals surface area (Å²) in [6.45, 7) is 5.01. The second kappa shape index (κ2) is 10.00. The third-order valence-electron chi connectivity index (χ3n) is 6.76. The molecule has 1 aliphatic heterocycles. The van der Waals surface area contributed by atoms with Crippen LogP contribution in [0.15, 0.2) is 67.0 Å². The molecular weight excluding hydrogens is 436 g/mol. The van der Waals surface area contributed by atoms with Gasteiger partial charge in [0.1, 0.15) is 5.82 Å². The molecule has 1 aliphatic rings. The number of piperazine rings is 1. The van der Waals surface area contributed by atoms with Crippen LogP contribution in [0.1, 0.15) is 27.9 Å². The number of carbonyl (C=O) groups excluding carboxylic acids is 1. The van der Waals surface area contributed by atoms with Gasteiger partial charge in [0, 0.05) is 60.6 Å². The largest absolute Gasteiger partial charge is 0.366 e. The average Bonchev–Trinajstić information content (AvgIpc) is 3.31. The molecule has 35 heavy (non-hydrogen) atoms. The van der Waals surface area contributed by atoms with E-state index in [1.807, 2.05) is 36.5 Å². The molecule has 0 spiro atoms. The first-order valence-electron chi connectivity index (χ1n) is 11.9. The molecule has 7 nitrogen and oxygen atoms in total. The summed E-state index contributed by atoms with van der Waals surface area (Å²) < 4.78 is 0. The molecule has 2 aromatic carbocycles. The third-order valence-corrected chi connectivity index (χ3v) is 6.76. The molecule has 0 saturated carbocycles. The number of amides is 1. The minimum Gasteiger partial charge on any atom is -0.366 e. The molecule has 0 aliphatic carbocycles. The molecule has 5 rings (SSSR count). The Bertz CT molecular complexity index is 1360. The van der Waals surface area contributed by atoms with Crippen molar-refractivity contribution in [3.8, 4) is 17.2 Å². The number of carbonyl (C=O) groups is 1. The summed E-state index contributed by atoms with van der Waals surface area (Å²) in [5.41, 5.74) is 10.9. The van der Waals surface area contributed by atoms with Crippen molar-refractivity contribution in [1.29, 1.82) is 5.26 Å². The minimum atomic E-state index is -0.420. The first-order valence-corrected chi connectivity index (χ1v) is 11.9. The van der Waals surface area contributed by atoms with E-state index in [1.165, 1.54) is 5.56 Å². The number of benzene rings is 2. The average molecular weight is 465 g/mol. The molecule has 1 amide bonds. The Kier molecular flexibility index (Phi) is 6.47. The summed E-state index contributed by atoms with van der Waals surface area (Å²) in [6, 6.07) is 19.5. The molecule has 1 saturated heterocycles. The van der Waals surface area contributed by atoms with Crippen LogP contribution in [0.2, 0.25) is 0 Å². The monoisotopic (exact) mass is 464 g/mol. The van der Waals surface area contributed by atoms with Crippen molar-refractivity contribution in [3.05, 3.63) is 83.7 Å². The molecule has 1 fully saturated rings. The zero-order chi connectivity index (χ0) is 24.2. The number of nitrogens with zero attached hydrogens (tertiary/aromatic N) is 4. The van der Waals surface area contributed by atoms with E-state index < -0.39 is 5.91 Å². The van der Waals surface area contributed by atoms with Crippen molar-refractivity contribution in [2.24, 2.45) is 5.73 Å². The summed E-state index contributed by atoms with van der Waals surface area (Å²) >= 11 is 0. The summed E-state index contributed by atoms with van der Waals surface area (Å²) in [4.78, 5) is 24.1. The molecule has 2 aromatic heterocycles. The van der Waals surface area contributed by atoms with Gasteiger partial charge >= 0.3 is 0 Å². The number of H-pyrrole nitrogens is 1. The van der Waals surface area contributed by atoms with Gasteiger partial charge in [-0.2, -0.15) is 5.26 Å². The minimum absolute atomic E-state index is 0.420. The van der Waals surface area contributed by atoms with Gasteiger partial charge in [0.2, 0.25) is 5.91 Å². The normalized spacial score (nSPS) is 14.2. The highest BCUT2D eigenvalue weighted by atomic mass is 16.1. The fraction of sp³-hybridized carbons (Fsp3) is 0.250. The number of nitrogens with one attached hydrogen (secondary N) is 1. The Balaban J connectivity index is 1.12. The van der Waals surface area contributed by atoms with E-state index in [2.05, 4.69) is 44.2 Å². The Morgan fingerprint density at radius 1 is 1.03 bits per heavy atom. The topological polar surface area (TPSA) is 102 Å². The first-order chi connectivity index (χ1) is 17.1. The number of nitriles is 1. The van der Waals surface area contributed by atoms with Crippen LogP contribution in [0.5, 0.6) is 0 Å². The number of aryl methyl sites for hydroxylation is 1. The predicted octanol–water partition coefficient (Wildman–Crippen LogP) is 3.96. The van der Waals surface area contributed by atoms with E-state index in [0.717, 1.165) is 73.4 Å². The van der Waals surface area contributed by atoms with Crippen LogP contribution in [-0.4, -0.2) is 53.5 Å². The number of primary amides is 1. The maximum atomic E-state index is 11.3. The number of rotatable bonds is 7. The van der Waals surface area contributed by atoms with Gasteiger partial charge in [-0.1, -0.05) is 12.1 Å². The zero-order valence-corrected chi connectivity index (χ0v) is 19.6. The van der Waals surface area contributed by atoms with Gasteiger partial charge < -0.3 is 15.6 Å². The van der Waals surface area contributed by atoms with E-state index in [0.29, 0.717) is 11.1 Å². The molecule has 0 unspecified atom stereocenters. The smallest absolute Gasteiger partial charge is 0.248 e. The van der Waals surface area contributed by atoms with E-state index in [1.54, 1.807) is 12.1 Å². The predicted molar refractivity (Wildman–Crippen MR) is 138 cm³/mol. The van der Waals surface area contributed by atoms with Gasteiger partial charge in [0.15, 0.2) is 0 Å². The number of hydrogen-bond acceptors (Lipinski definition) is 5. The lowest BCUT2D eigenvalue weighted by atomic mass is 10.1. The summed E-state index contributed by atoms with van der Waals surface area (Å²) in [5, 5.41) is 10.3. The molecule has 7 heteroatoms. The molecule has 3 N–H and O–H groups in total. The van der Waals surface area contributed by atoms with Gasteiger partial charge in [-0.15, -0.1) is 0 Å². The quantitative estimate of drug-likeness (QED) is 0.431. The van der Waals surface area contributed by atoms with Gasteiger partial charge in [0.25, 0.3) is 0 Å². The van der Waals surface area contributed by atoms with Crippen LogP contribution in [0.25, 0.3) is 22.0 Å². The van der Waals surface area contributed by atoms with Crippen molar-refractivity contribution < 1.29 is 4.79 Å². The van der Waals surface area contributed by atoms with Crippen LogP contribution in [0, 0.1) is 11.3 Å². The van der Waals surface area contributed by atoms with E-state index in [4.69, 9.17) is 5.73 Å². The van der Waals surface area contributed by atoms with Crippen LogP contribution in [0.4, 0.5) is 5.82 Å². The van der Waals surface area contributed by atoms with Gasteiger partial charge in [-0.3, -0.25) is 9.69 Å². The van der Waals surface area contributed by atoms with Crippen molar-refractivity contribution in [2.45, 2.75) is 12.8 Å². The van der Waals surface area contributed by atoms with Crippen molar-refractivity contribution in [1.82, 2.24) is 14.9 Å². The fourth-order valence-corrected chi connectivity index (χ4v) is 4.72. The van der Waals surface area contributed by atoms with Gasteiger partial charge in [-0.25, -0.2) is 4.98 Å². The van der Waals surface area contributed by atoms with Crippen molar-refractivity contribution >= 4 is 22.6 Å². The number of fused-ring (bicyclic) bond motifs is 1. The lowest BCUT2D eigenvalue weighted by Gasteiger charge is -2.35. The summed E-state index contributed by atoms with van der Waals surface area (Å²) in [7, 11) is 0. The first kappa shape index (κ1) is 22.6. The van der Waals surface area contributed by atoms with E-state index in [9.17, 15) is 10.1 Å². The highest BCUT2D eigenvalue weighted by molar-refractivity contribution is 5.93. The number of aromatic amines is 1. The van der Waals surface area contributed by atoms with Gasteiger partial charge in [-0.05, 0) is 73.0 Å². The van der Waals surface area contributed by atoms with Crippen LogP contribution >= 0.6 is 0 Å². The highest BCUT2D eigenvalue weighted by Gasteiger charge is 2.18. The number of pyridine rings is 1. The summed E-state index contributed by atoms with van der Waals surface area (Å²) in [6.07, 6.45) is 6.05. The second-order valence-corrected chi connectivity index (χ2v) is 8.96. The molecule has 0 bridgehead atoms. The van der Waals surface area contributed by atoms with Crippen molar-refractivity contribution in [3.63, 3.8) is 0 Å². The second-order valence-electron chi connectivity index (χ2n) is 8.96. The maximum Gasteiger partial charge on any atom is 0.248 e. The highest BCUT2D eigenvalue weighted by Crippen LogP contribution is 2.23. The molecular formula is C28H28N6O. The van der Waals surface area contributed by atoms with E-state index >= 15 is 0 Å². The standard InChI is InChI=1S/C28H28N6O/c29-17-20-3-9-26-25(16-20)24(19-31-26)2-1-11-33-12-14-34(15-13-33)27-10-8-23(18-32-27)21-4-6-22(7-5-21)28(30)35/h3-10,16,18-19,31H,1-2,11-15H2,(H2,30,35). The third kappa shape index (κ3) is 5.03.